The molecule has 0 aromatic rings. The molecule has 0 rings (SSSR count). The van der Waals surface area contributed by atoms with E-state index >= 15 is 0 Å². The molecule has 0 saturated heterocycles. The van der Waals surface area contributed by atoms with Crippen LogP contribution in [0.2, 0.25) is 0 Å². The van der Waals surface area contributed by atoms with E-state index in [1.807, 2.05) is 0 Å². The predicted molar refractivity (Wildman–Crippen MR) is 41.6 cm³/mol. The van der Waals surface area contributed by atoms with Crippen LogP contribution in [0.5, 0.6) is 0 Å². The van der Waals surface area contributed by atoms with E-state index in [0.717, 1.165) is 0 Å². The number of carboxylic acids is 2. The van der Waals surface area contributed by atoms with Crippen LogP contribution in [-0.2, 0) is 9.59 Å². The highest BCUT2D eigenvalue weighted by Crippen LogP contribution is 2.11. The fourth-order valence-corrected chi connectivity index (χ4v) is 0.951. The Kier molecular flexibility index (Phi) is 4.28. The van der Waals surface area contributed by atoms with Gasteiger partial charge in [-0.25, -0.2) is 0 Å². The summed E-state index contributed by atoms with van der Waals surface area (Å²) in [6.07, 6.45) is 0.268. The van der Waals surface area contributed by atoms with E-state index in [0.29, 0.717) is 6.42 Å². The van der Waals surface area contributed by atoms with Crippen LogP contribution in [0.4, 0.5) is 0 Å². The number of rotatable bonds is 5. The molecule has 70 valence electrons. The summed E-state index contributed by atoms with van der Waals surface area (Å²) in [7, 11) is 0. The first-order chi connectivity index (χ1) is 5.49. The van der Waals surface area contributed by atoms with Crippen LogP contribution in [0.1, 0.15) is 19.8 Å². The van der Waals surface area contributed by atoms with Gasteiger partial charge in [0.1, 0.15) is 6.04 Å². The average molecular weight is 175 g/mol. The summed E-state index contributed by atoms with van der Waals surface area (Å²) in [5, 5.41) is 16.9. The molecule has 0 aromatic heterocycles. The molecule has 0 aromatic carbocycles. The van der Waals surface area contributed by atoms with Gasteiger partial charge in [-0.2, -0.15) is 0 Å². The zero-order valence-corrected chi connectivity index (χ0v) is 6.86. The third kappa shape index (κ3) is 3.34. The Balaban J connectivity index is 4.14. The van der Waals surface area contributed by atoms with Crippen molar-refractivity contribution in [2.75, 3.05) is 0 Å². The highest BCUT2D eigenvalue weighted by molar-refractivity contribution is 5.75. The Morgan fingerprint density at radius 1 is 1.42 bits per heavy atom. The molecule has 0 aliphatic carbocycles. The minimum absolute atomic E-state index is 0.191. The van der Waals surface area contributed by atoms with Gasteiger partial charge in [0.05, 0.1) is 6.42 Å². The lowest BCUT2D eigenvalue weighted by Gasteiger charge is -2.16. The van der Waals surface area contributed by atoms with Gasteiger partial charge in [0, 0.05) is 0 Å². The van der Waals surface area contributed by atoms with Crippen LogP contribution in [0.3, 0.4) is 0 Å². The van der Waals surface area contributed by atoms with Crippen LogP contribution in [0.25, 0.3) is 0 Å². The summed E-state index contributed by atoms with van der Waals surface area (Å²) in [4.78, 5) is 20.6. The summed E-state index contributed by atoms with van der Waals surface area (Å²) in [6.45, 7) is 1.72. The maximum Gasteiger partial charge on any atom is 0.320 e. The molecule has 0 fully saturated rings. The van der Waals surface area contributed by atoms with Crippen molar-refractivity contribution >= 4 is 11.9 Å². The Morgan fingerprint density at radius 3 is 2.17 bits per heavy atom. The number of aliphatic carboxylic acids is 2. The topological polar surface area (TPSA) is 101 Å². The van der Waals surface area contributed by atoms with E-state index < -0.39 is 23.9 Å². The third-order valence-electron chi connectivity index (χ3n) is 1.75. The monoisotopic (exact) mass is 175 g/mol. The summed E-state index contributed by atoms with van der Waals surface area (Å²) in [5.74, 6) is -2.65. The van der Waals surface area contributed by atoms with Gasteiger partial charge in [-0.05, 0) is 5.92 Å². The van der Waals surface area contributed by atoms with Crippen molar-refractivity contribution in [1.29, 1.82) is 0 Å². The van der Waals surface area contributed by atoms with E-state index in [4.69, 9.17) is 15.9 Å². The fraction of sp³-hybridized carbons (Fsp3) is 0.714. The van der Waals surface area contributed by atoms with Crippen molar-refractivity contribution in [3.8, 4) is 0 Å². The predicted octanol–water partition coefficient (Wildman–Crippen LogP) is -0.101. The molecule has 0 spiro atoms. The van der Waals surface area contributed by atoms with Crippen molar-refractivity contribution in [1.82, 2.24) is 0 Å². The Morgan fingerprint density at radius 2 is 1.92 bits per heavy atom. The second kappa shape index (κ2) is 4.71. The first-order valence-electron chi connectivity index (χ1n) is 3.69. The molecule has 0 saturated carbocycles. The first-order valence-corrected chi connectivity index (χ1v) is 3.69. The molecule has 0 radical (unpaired) electrons. The molecule has 2 atom stereocenters. The van der Waals surface area contributed by atoms with Crippen molar-refractivity contribution in [2.24, 2.45) is 11.7 Å². The smallest absolute Gasteiger partial charge is 0.320 e. The number of hydrogen-bond donors (Lipinski definition) is 3. The Bertz CT molecular complexity index is 180. The quantitative estimate of drug-likeness (QED) is 0.541. The van der Waals surface area contributed by atoms with E-state index in [9.17, 15) is 9.59 Å². The minimum atomic E-state index is -1.15. The number of hydrogen-bond acceptors (Lipinski definition) is 3. The van der Waals surface area contributed by atoms with Crippen molar-refractivity contribution in [3.63, 3.8) is 0 Å². The van der Waals surface area contributed by atoms with Gasteiger partial charge in [0.15, 0.2) is 0 Å². The zero-order valence-electron chi connectivity index (χ0n) is 6.86. The van der Waals surface area contributed by atoms with Crippen LogP contribution in [0, 0.1) is 5.92 Å². The van der Waals surface area contributed by atoms with Crippen LogP contribution in [-0.4, -0.2) is 28.2 Å². The van der Waals surface area contributed by atoms with E-state index in [1.54, 1.807) is 6.92 Å². The molecule has 0 aliphatic rings. The minimum Gasteiger partial charge on any atom is -0.481 e. The summed E-state index contributed by atoms with van der Waals surface area (Å²) in [5.41, 5.74) is 5.26. The van der Waals surface area contributed by atoms with E-state index in [2.05, 4.69) is 0 Å². The lowest BCUT2D eigenvalue weighted by molar-refractivity contribution is -0.142. The average Bonchev–Trinajstić information content (AvgIpc) is 1.98. The summed E-state index contributed by atoms with van der Waals surface area (Å²) >= 11 is 0. The second-order valence-corrected chi connectivity index (χ2v) is 2.63. The molecular formula is C7H13NO4. The largest absolute Gasteiger partial charge is 0.481 e. The Labute approximate surface area is 70.2 Å². The molecule has 0 unspecified atom stereocenters. The lowest BCUT2D eigenvalue weighted by Crippen LogP contribution is -2.38. The molecular weight excluding hydrogens is 162 g/mol. The molecule has 12 heavy (non-hydrogen) atoms. The van der Waals surface area contributed by atoms with Gasteiger partial charge in [-0.15, -0.1) is 0 Å². The van der Waals surface area contributed by atoms with Crippen LogP contribution < -0.4 is 5.73 Å². The first kappa shape index (κ1) is 10.9. The van der Waals surface area contributed by atoms with Gasteiger partial charge in [0.2, 0.25) is 0 Å². The van der Waals surface area contributed by atoms with Crippen molar-refractivity contribution in [2.45, 2.75) is 25.8 Å². The lowest BCUT2D eigenvalue weighted by atomic mass is 9.94. The van der Waals surface area contributed by atoms with Gasteiger partial charge in [-0.3, -0.25) is 9.59 Å². The number of nitrogens with two attached hydrogens (primary N) is 1. The van der Waals surface area contributed by atoms with Crippen LogP contribution >= 0.6 is 0 Å². The molecule has 5 heteroatoms. The van der Waals surface area contributed by atoms with Gasteiger partial charge in [0.25, 0.3) is 0 Å². The van der Waals surface area contributed by atoms with E-state index in [-0.39, 0.29) is 6.42 Å². The van der Waals surface area contributed by atoms with Gasteiger partial charge < -0.3 is 15.9 Å². The van der Waals surface area contributed by atoms with Gasteiger partial charge in [-0.1, -0.05) is 13.3 Å². The number of carboxylic acid groups (broad SMARTS) is 2. The highest BCUT2D eigenvalue weighted by atomic mass is 16.4. The van der Waals surface area contributed by atoms with Crippen molar-refractivity contribution in [3.05, 3.63) is 0 Å². The van der Waals surface area contributed by atoms with E-state index in [1.165, 1.54) is 0 Å². The van der Waals surface area contributed by atoms with Crippen molar-refractivity contribution < 1.29 is 19.8 Å². The SMILES string of the molecule is CC[C@H](CC(=O)O)[C@H](N)C(=O)O. The Hall–Kier alpha value is -1.10. The maximum absolute atomic E-state index is 10.4. The fourth-order valence-electron chi connectivity index (χ4n) is 0.951. The molecule has 5 nitrogen and oxygen atoms in total. The maximum atomic E-state index is 10.4. The zero-order chi connectivity index (χ0) is 9.72. The molecule has 0 amide bonds. The second-order valence-electron chi connectivity index (χ2n) is 2.63. The summed E-state index contributed by atoms with van der Waals surface area (Å²) < 4.78 is 0. The number of carbonyl (C=O) groups is 2. The summed E-state index contributed by atoms with van der Waals surface area (Å²) in [6, 6.07) is -1.08. The van der Waals surface area contributed by atoms with Crippen LogP contribution in [0.15, 0.2) is 0 Å². The highest BCUT2D eigenvalue weighted by Gasteiger charge is 2.24. The normalized spacial score (nSPS) is 15.2. The molecule has 4 N–H and O–H groups in total. The molecule has 0 heterocycles. The van der Waals surface area contributed by atoms with Gasteiger partial charge >= 0.3 is 11.9 Å². The standard InChI is InChI=1S/C7H13NO4/c1-2-4(3-5(9)10)6(8)7(11)12/h4,6H,2-3,8H2,1H3,(H,9,10)(H,11,12)/t4-,6+/m1/s1. The molecule has 0 aliphatic heterocycles. The third-order valence-corrected chi connectivity index (χ3v) is 1.75. The molecule has 0 bridgehead atoms.